The molecule has 0 aliphatic carbocycles. The molecule has 0 radical (unpaired) electrons. The maximum atomic E-state index is 6.40. The number of nitrogens with zero attached hydrogens (tertiary/aromatic N) is 1. The smallest absolute Gasteiger partial charge is 0.143 e. The first kappa shape index (κ1) is 70.1. The van der Waals surface area contributed by atoms with Crippen molar-refractivity contribution in [1.82, 2.24) is 0 Å². The number of fused-ring (bicyclic) bond motifs is 6. The van der Waals surface area contributed by atoms with E-state index in [1.54, 1.807) is 0 Å². The molecule has 0 unspecified atom stereocenters. The molecule has 1 N–H and O–H groups in total. The van der Waals surface area contributed by atoms with E-state index < -0.39 is 0 Å². The molecular formula is C108H75ClN2O2. The van der Waals surface area contributed by atoms with Crippen LogP contribution in [-0.4, -0.2) is 0 Å². The monoisotopic (exact) mass is 1470 g/mol. The Hall–Kier alpha value is -14.6. The van der Waals surface area contributed by atoms with Crippen LogP contribution < -0.4 is 10.2 Å². The van der Waals surface area contributed by atoms with E-state index in [2.05, 4.69) is 411 Å². The minimum absolute atomic E-state index is 0.757. The van der Waals surface area contributed by atoms with E-state index in [-0.39, 0.29) is 0 Å². The zero-order valence-electron chi connectivity index (χ0n) is 61.9. The summed E-state index contributed by atoms with van der Waals surface area (Å²) in [6.07, 6.45) is 0. The van der Waals surface area contributed by atoms with E-state index in [9.17, 15) is 0 Å². The SMILES string of the molecule is Clc1ccc(-c2ccc(-c3ccccc3)c(-c3ccccc3)c2)cc1.c1ccc(-c2ccc(N(c3ccc(-c4ccc(-c5ccccc5)c(-c5ccccc5)c4)cc3)c3ccc(-c4cccc5c4oc4ccccc45)cc3)cc2)cc1.c1ccc(-c2ccc(Nc3ccc(-c4cccc5c4oc4ccccc45)cc3)cc2)cc1. The third-order valence-electron chi connectivity index (χ3n) is 21.0. The number of anilines is 5. The molecular weight excluding hydrogens is 1390 g/mol. The number of hydrogen-bond donors (Lipinski definition) is 1. The molecule has 113 heavy (non-hydrogen) atoms. The Morgan fingerprint density at radius 2 is 0.442 bits per heavy atom. The number of para-hydroxylation sites is 4. The van der Waals surface area contributed by atoms with Crippen LogP contribution in [0.4, 0.5) is 28.4 Å². The van der Waals surface area contributed by atoms with Crippen LogP contribution in [0.25, 0.3) is 155 Å². The highest BCUT2D eigenvalue weighted by Gasteiger charge is 2.19. The number of rotatable bonds is 15. The zero-order chi connectivity index (χ0) is 75.7. The van der Waals surface area contributed by atoms with Gasteiger partial charge in [-0.2, -0.15) is 0 Å². The Bertz CT molecular complexity index is 6610. The molecule has 0 amide bonds. The second kappa shape index (κ2) is 32.3. The Kier molecular flexibility index (Phi) is 20.1. The predicted molar refractivity (Wildman–Crippen MR) is 478 cm³/mol. The molecule has 536 valence electrons. The molecule has 5 heteroatoms. The molecule has 2 heterocycles. The van der Waals surface area contributed by atoms with Crippen LogP contribution in [0.1, 0.15) is 0 Å². The molecule has 0 spiro atoms. The largest absolute Gasteiger partial charge is 0.455 e. The first-order chi connectivity index (χ1) is 55.9. The second-order valence-electron chi connectivity index (χ2n) is 28.0. The van der Waals surface area contributed by atoms with Crippen LogP contribution in [-0.2, 0) is 0 Å². The van der Waals surface area contributed by atoms with Crippen molar-refractivity contribution in [3.63, 3.8) is 0 Å². The topological polar surface area (TPSA) is 41.6 Å². The van der Waals surface area contributed by atoms with Gasteiger partial charge in [-0.05, 0) is 197 Å². The highest BCUT2D eigenvalue weighted by molar-refractivity contribution is 6.30. The molecule has 0 fully saturated rings. The van der Waals surface area contributed by atoms with Gasteiger partial charge < -0.3 is 19.1 Å². The van der Waals surface area contributed by atoms with E-state index >= 15 is 0 Å². The normalized spacial score (nSPS) is 11.1. The summed E-state index contributed by atoms with van der Waals surface area (Å²) in [5, 5.41) is 8.83. The lowest BCUT2D eigenvalue weighted by atomic mass is 9.91. The van der Waals surface area contributed by atoms with Crippen molar-refractivity contribution in [2.24, 2.45) is 0 Å². The van der Waals surface area contributed by atoms with E-state index in [1.807, 2.05) is 48.5 Å². The number of hydrogen-bond acceptors (Lipinski definition) is 4. The van der Waals surface area contributed by atoms with E-state index in [0.29, 0.717) is 0 Å². The average molecular weight is 1470 g/mol. The molecule has 0 atom stereocenters. The summed E-state index contributed by atoms with van der Waals surface area (Å²) in [7, 11) is 0. The maximum Gasteiger partial charge on any atom is 0.143 e. The van der Waals surface area contributed by atoms with Gasteiger partial charge in [0.15, 0.2) is 0 Å². The Labute approximate surface area is 663 Å². The van der Waals surface area contributed by atoms with Gasteiger partial charge in [0.05, 0.1) is 0 Å². The van der Waals surface area contributed by atoms with Gasteiger partial charge in [0.25, 0.3) is 0 Å². The van der Waals surface area contributed by atoms with Crippen molar-refractivity contribution in [2.45, 2.75) is 0 Å². The van der Waals surface area contributed by atoms with Gasteiger partial charge in [0.2, 0.25) is 0 Å². The van der Waals surface area contributed by atoms with Crippen LogP contribution in [0.5, 0.6) is 0 Å². The van der Waals surface area contributed by atoms with Crippen LogP contribution in [0.2, 0.25) is 5.02 Å². The van der Waals surface area contributed by atoms with Crippen molar-refractivity contribution in [3.05, 3.63) is 454 Å². The number of nitrogens with one attached hydrogen (secondary N) is 1. The molecule has 20 aromatic rings. The second-order valence-corrected chi connectivity index (χ2v) is 28.5. The highest BCUT2D eigenvalue weighted by atomic mass is 35.5. The van der Waals surface area contributed by atoms with Gasteiger partial charge in [-0.25, -0.2) is 0 Å². The fraction of sp³-hybridized carbons (Fsp3) is 0. The highest BCUT2D eigenvalue weighted by Crippen LogP contribution is 2.44. The minimum Gasteiger partial charge on any atom is -0.455 e. The first-order valence-corrected chi connectivity index (χ1v) is 38.6. The average Bonchev–Trinajstić information content (AvgIpc) is 1.61. The number of furan rings is 2. The molecule has 2 aromatic heterocycles. The number of benzene rings is 18. The molecule has 0 aliphatic rings. The molecule has 4 nitrogen and oxygen atoms in total. The van der Waals surface area contributed by atoms with Crippen molar-refractivity contribution in [2.75, 3.05) is 10.2 Å². The first-order valence-electron chi connectivity index (χ1n) is 38.2. The third-order valence-corrected chi connectivity index (χ3v) is 21.2. The fourth-order valence-corrected chi connectivity index (χ4v) is 15.4. The van der Waals surface area contributed by atoms with Crippen LogP contribution >= 0.6 is 11.6 Å². The summed E-state index contributed by atoms with van der Waals surface area (Å²) < 4.78 is 12.6. The Balaban J connectivity index is 0.000000131. The van der Waals surface area contributed by atoms with E-state index in [4.69, 9.17) is 20.4 Å². The van der Waals surface area contributed by atoms with E-state index in [1.165, 1.54) is 89.0 Å². The summed E-state index contributed by atoms with van der Waals surface area (Å²) in [6.45, 7) is 0. The lowest BCUT2D eigenvalue weighted by Crippen LogP contribution is -2.09. The zero-order valence-corrected chi connectivity index (χ0v) is 62.6. The van der Waals surface area contributed by atoms with Gasteiger partial charge in [-0.15, -0.1) is 0 Å². The Morgan fingerprint density at radius 3 is 0.814 bits per heavy atom. The van der Waals surface area contributed by atoms with Gasteiger partial charge in [0.1, 0.15) is 22.3 Å². The molecule has 0 saturated carbocycles. The molecule has 0 bridgehead atoms. The van der Waals surface area contributed by atoms with Crippen molar-refractivity contribution >= 4 is 83.9 Å². The van der Waals surface area contributed by atoms with Gasteiger partial charge in [0, 0.05) is 66.1 Å². The number of halogens is 1. The lowest BCUT2D eigenvalue weighted by molar-refractivity contribution is 0.669. The van der Waals surface area contributed by atoms with Crippen molar-refractivity contribution in [1.29, 1.82) is 0 Å². The Morgan fingerprint density at radius 1 is 0.186 bits per heavy atom. The van der Waals surface area contributed by atoms with Crippen LogP contribution in [0.15, 0.2) is 458 Å². The standard InChI is InChI=1S/C54H37NO.C30H21NO.C24H17Cl/c1-4-13-38(14-5-1)39-23-30-45(31-24-39)55(47-34-27-43(28-35-47)49-20-12-21-51-50-19-10-11-22-53(50)56-54(49)51)46-32-25-40(26-33-46)44-29-36-48(41-15-6-2-7-16-41)52(37-44)42-17-8-3-9-18-42;1-2-7-21(8-3-1)22-13-17-24(18-14-22)31-25-19-15-23(16-20-25)26-10-6-11-28-27-9-4-5-12-29(27)32-30(26)28;25-22-14-11-18(12-15-22)21-13-16-23(19-7-3-1-4-8-19)24(17-21)20-9-5-2-6-10-20/h1-37H;1-20,31H;1-17H. The maximum absolute atomic E-state index is 6.40. The van der Waals surface area contributed by atoms with Gasteiger partial charge in [-0.3, -0.25) is 0 Å². The van der Waals surface area contributed by atoms with Crippen molar-refractivity contribution < 1.29 is 8.83 Å². The molecule has 20 rings (SSSR count). The minimum atomic E-state index is 0.757. The quantitative estimate of drug-likeness (QED) is 0.111. The summed E-state index contributed by atoms with van der Waals surface area (Å²) in [5.74, 6) is 0. The summed E-state index contributed by atoms with van der Waals surface area (Å²) >= 11 is 6.03. The fourth-order valence-electron chi connectivity index (χ4n) is 15.2. The van der Waals surface area contributed by atoms with Gasteiger partial charge >= 0.3 is 0 Å². The van der Waals surface area contributed by atoms with Crippen LogP contribution in [0, 0.1) is 0 Å². The van der Waals surface area contributed by atoms with Crippen molar-refractivity contribution in [3.8, 4) is 111 Å². The lowest BCUT2D eigenvalue weighted by Gasteiger charge is -2.26. The summed E-state index contributed by atoms with van der Waals surface area (Å²) in [6, 6.07) is 158. The van der Waals surface area contributed by atoms with E-state index in [0.717, 1.165) is 99.6 Å². The van der Waals surface area contributed by atoms with Crippen LogP contribution in [0.3, 0.4) is 0 Å². The summed E-state index contributed by atoms with van der Waals surface area (Å²) in [5.41, 5.74) is 32.8. The molecule has 0 aliphatic heterocycles. The summed E-state index contributed by atoms with van der Waals surface area (Å²) in [4.78, 5) is 2.33. The predicted octanol–water partition coefficient (Wildman–Crippen LogP) is 31.4. The third kappa shape index (κ3) is 15.2. The molecule has 18 aromatic carbocycles. The van der Waals surface area contributed by atoms with Gasteiger partial charge in [-0.1, -0.05) is 363 Å². The molecule has 0 saturated heterocycles.